The number of carbonyl (C=O) groups excluding carboxylic acids is 1. The number of benzene rings is 1. The third-order valence-electron chi connectivity index (χ3n) is 2.50. The second kappa shape index (κ2) is 4.07. The van der Waals surface area contributed by atoms with Crippen molar-refractivity contribution in [1.82, 2.24) is 0 Å². The molecule has 15 heavy (non-hydrogen) atoms. The molecule has 0 saturated carbocycles. The fourth-order valence-electron chi connectivity index (χ4n) is 1.71. The van der Waals surface area contributed by atoms with Crippen LogP contribution in [-0.4, -0.2) is 5.91 Å². The summed E-state index contributed by atoms with van der Waals surface area (Å²) in [5, 5.41) is 3.56. The van der Waals surface area contributed by atoms with E-state index in [1.54, 1.807) is 6.07 Å². The minimum absolute atomic E-state index is 0.00303. The van der Waals surface area contributed by atoms with Gasteiger partial charge in [0.1, 0.15) is 0 Å². The van der Waals surface area contributed by atoms with Crippen molar-refractivity contribution in [3.8, 4) is 0 Å². The summed E-state index contributed by atoms with van der Waals surface area (Å²) in [6.07, 6.45) is 2.15. The number of anilines is 1. The zero-order valence-corrected chi connectivity index (χ0v) is 9.10. The predicted octanol–water partition coefficient (Wildman–Crippen LogP) is 3.17. The zero-order chi connectivity index (χ0) is 10.8. The first kappa shape index (κ1) is 10.2. The number of carbonyl (C=O) groups is 1. The van der Waals surface area contributed by atoms with Gasteiger partial charge < -0.3 is 5.32 Å². The number of amides is 1. The molecular formula is C12H12ClNO. The van der Waals surface area contributed by atoms with Crippen molar-refractivity contribution in [1.29, 1.82) is 0 Å². The number of rotatable bonds is 0. The lowest BCUT2D eigenvalue weighted by Crippen LogP contribution is -2.16. The molecule has 1 heterocycles. The van der Waals surface area contributed by atoms with E-state index in [9.17, 15) is 4.79 Å². The highest BCUT2D eigenvalue weighted by Gasteiger charge is 2.13. The molecule has 0 radical (unpaired) electrons. The maximum Gasteiger partial charge on any atom is 0.228 e. The molecule has 1 amide bonds. The Morgan fingerprint density at radius 1 is 1.33 bits per heavy atom. The van der Waals surface area contributed by atoms with Crippen LogP contribution in [0, 0.1) is 0 Å². The van der Waals surface area contributed by atoms with Crippen LogP contribution in [0.25, 0.3) is 0 Å². The quantitative estimate of drug-likeness (QED) is 0.670. The highest BCUT2D eigenvalue weighted by atomic mass is 35.5. The fourth-order valence-corrected chi connectivity index (χ4v) is 1.91. The number of hydrogen-bond acceptors (Lipinski definition) is 1. The first-order valence-electron chi connectivity index (χ1n) is 4.90. The summed E-state index contributed by atoms with van der Waals surface area (Å²) in [5.74, 6) is 0.00303. The molecule has 2 rings (SSSR count). The summed E-state index contributed by atoms with van der Waals surface area (Å²) in [7, 11) is 0. The van der Waals surface area contributed by atoms with Gasteiger partial charge in [0.15, 0.2) is 0 Å². The third-order valence-corrected chi connectivity index (χ3v) is 2.73. The van der Waals surface area contributed by atoms with Gasteiger partial charge in [0.25, 0.3) is 0 Å². The van der Waals surface area contributed by atoms with E-state index in [0.29, 0.717) is 11.4 Å². The summed E-state index contributed by atoms with van der Waals surface area (Å²) in [6, 6.07) is 5.54. The van der Waals surface area contributed by atoms with Crippen LogP contribution in [0.1, 0.15) is 18.4 Å². The molecule has 0 spiro atoms. The molecule has 0 saturated heterocycles. The standard InChI is InChI=1S/C12H12ClNO/c1-8-2-3-9-7-10(13)4-5-11(9)14-12(15)6-8/h4-5,7H,1-3,6H2,(H,14,15). The van der Waals surface area contributed by atoms with Gasteiger partial charge in [-0.25, -0.2) is 0 Å². The van der Waals surface area contributed by atoms with Crippen molar-refractivity contribution in [2.24, 2.45) is 0 Å². The van der Waals surface area contributed by atoms with E-state index in [-0.39, 0.29) is 5.91 Å². The van der Waals surface area contributed by atoms with E-state index in [4.69, 9.17) is 11.6 Å². The second-order valence-corrected chi connectivity index (χ2v) is 4.21. The van der Waals surface area contributed by atoms with E-state index < -0.39 is 0 Å². The lowest BCUT2D eigenvalue weighted by molar-refractivity contribution is -0.115. The Balaban J connectivity index is 2.36. The molecule has 1 aliphatic heterocycles. The van der Waals surface area contributed by atoms with Gasteiger partial charge in [0.2, 0.25) is 5.91 Å². The van der Waals surface area contributed by atoms with Crippen molar-refractivity contribution in [2.75, 3.05) is 5.32 Å². The topological polar surface area (TPSA) is 29.1 Å². The Bertz CT molecular complexity index is 426. The Kier molecular flexibility index (Phi) is 2.78. The number of hydrogen-bond donors (Lipinski definition) is 1. The number of halogens is 1. The van der Waals surface area contributed by atoms with Gasteiger partial charge in [-0.1, -0.05) is 23.8 Å². The molecule has 0 aromatic heterocycles. The van der Waals surface area contributed by atoms with Crippen LogP contribution >= 0.6 is 11.6 Å². The Morgan fingerprint density at radius 3 is 2.93 bits per heavy atom. The van der Waals surface area contributed by atoms with Gasteiger partial charge >= 0.3 is 0 Å². The van der Waals surface area contributed by atoms with Crippen molar-refractivity contribution in [2.45, 2.75) is 19.3 Å². The Morgan fingerprint density at radius 2 is 2.13 bits per heavy atom. The number of nitrogens with one attached hydrogen (secondary N) is 1. The zero-order valence-electron chi connectivity index (χ0n) is 8.35. The van der Waals surface area contributed by atoms with Gasteiger partial charge in [0.05, 0.1) is 0 Å². The van der Waals surface area contributed by atoms with E-state index >= 15 is 0 Å². The molecule has 1 aromatic rings. The molecule has 1 aliphatic rings. The fraction of sp³-hybridized carbons (Fsp3) is 0.250. The average molecular weight is 222 g/mol. The van der Waals surface area contributed by atoms with Crippen LogP contribution in [0.3, 0.4) is 0 Å². The lowest BCUT2D eigenvalue weighted by atomic mass is 9.99. The summed E-state index contributed by atoms with van der Waals surface area (Å²) in [5.41, 5.74) is 2.92. The molecule has 78 valence electrons. The van der Waals surface area contributed by atoms with E-state index in [1.807, 2.05) is 12.1 Å². The molecule has 0 fully saturated rings. The van der Waals surface area contributed by atoms with Gasteiger partial charge in [-0.15, -0.1) is 0 Å². The number of aryl methyl sites for hydroxylation is 1. The molecule has 2 nitrogen and oxygen atoms in total. The summed E-state index contributed by atoms with van der Waals surface area (Å²) in [6.45, 7) is 3.87. The summed E-state index contributed by atoms with van der Waals surface area (Å²) < 4.78 is 0. The monoisotopic (exact) mass is 221 g/mol. The molecule has 0 atom stereocenters. The molecule has 0 aliphatic carbocycles. The molecular weight excluding hydrogens is 210 g/mol. The van der Waals surface area contributed by atoms with E-state index in [2.05, 4.69) is 11.9 Å². The first-order valence-corrected chi connectivity index (χ1v) is 5.28. The molecule has 0 unspecified atom stereocenters. The van der Waals surface area contributed by atoms with Crippen molar-refractivity contribution < 1.29 is 4.79 Å². The van der Waals surface area contributed by atoms with Crippen LogP contribution in [0.15, 0.2) is 30.4 Å². The predicted molar refractivity (Wildman–Crippen MR) is 62.2 cm³/mol. The highest BCUT2D eigenvalue weighted by molar-refractivity contribution is 6.30. The smallest absolute Gasteiger partial charge is 0.228 e. The van der Waals surface area contributed by atoms with Crippen molar-refractivity contribution >= 4 is 23.2 Å². The minimum Gasteiger partial charge on any atom is -0.326 e. The van der Waals surface area contributed by atoms with Gasteiger partial charge in [-0.2, -0.15) is 0 Å². The van der Waals surface area contributed by atoms with Crippen LogP contribution in [-0.2, 0) is 11.2 Å². The van der Waals surface area contributed by atoms with Crippen molar-refractivity contribution in [3.05, 3.63) is 40.9 Å². The summed E-state index contributed by atoms with van der Waals surface area (Å²) in [4.78, 5) is 11.5. The maximum absolute atomic E-state index is 11.5. The van der Waals surface area contributed by atoms with Crippen LogP contribution in [0.2, 0.25) is 5.02 Å². The summed E-state index contributed by atoms with van der Waals surface area (Å²) >= 11 is 5.91. The van der Waals surface area contributed by atoms with Gasteiger partial charge in [0, 0.05) is 17.1 Å². The lowest BCUT2D eigenvalue weighted by Gasteiger charge is -2.16. The SMILES string of the molecule is C=C1CCc2cc(Cl)ccc2NC(=O)C1. The largest absolute Gasteiger partial charge is 0.326 e. The maximum atomic E-state index is 11.5. The van der Waals surface area contributed by atoms with Gasteiger partial charge in [-0.3, -0.25) is 4.79 Å². The number of fused-ring (bicyclic) bond motifs is 1. The first-order chi connectivity index (χ1) is 7.15. The van der Waals surface area contributed by atoms with Crippen molar-refractivity contribution in [3.63, 3.8) is 0 Å². The van der Waals surface area contributed by atoms with E-state index in [1.165, 1.54) is 0 Å². The molecule has 0 bridgehead atoms. The van der Waals surface area contributed by atoms with Gasteiger partial charge in [-0.05, 0) is 36.6 Å². The highest BCUT2D eigenvalue weighted by Crippen LogP contribution is 2.25. The Hall–Kier alpha value is -1.28. The molecule has 1 aromatic carbocycles. The molecule has 3 heteroatoms. The molecule has 1 N–H and O–H groups in total. The van der Waals surface area contributed by atoms with Crippen LogP contribution in [0.5, 0.6) is 0 Å². The second-order valence-electron chi connectivity index (χ2n) is 3.78. The average Bonchev–Trinajstić information content (AvgIpc) is 2.16. The van der Waals surface area contributed by atoms with E-state index in [0.717, 1.165) is 29.7 Å². The van der Waals surface area contributed by atoms with Crippen LogP contribution < -0.4 is 5.32 Å². The normalized spacial score (nSPS) is 16.3. The minimum atomic E-state index is 0.00303. The third kappa shape index (κ3) is 2.39. The van der Waals surface area contributed by atoms with Crippen LogP contribution in [0.4, 0.5) is 5.69 Å². The Labute approximate surface area is 93.9 Å².